The first-order valence-electron chi connectivity index (χ1n) is 7.42. The number of aliphatic hydroxyl groups excluding tert-OH is 1. The van der Waals surface area contributed by atoms with Crippen molar-refractivity contribution in [3.05, 3.63) is 41.5 Å². The minimum absolute atomic E-state index is 0.335. The molecular weight excluding hydrogens is 250 g/mol. The van der Waals surface area contributed by atoms with Crippen molar-refractivity contribution in [2.75, 3.05) is 13.2 Å². The number of hydrogen-bond acceptors (Lipinski definition) is 3. The zero-order valence-corrected chi connectivity index (χ0v) is 12.4. The van der Waals surface area contributed by atoms with Crippen LogP contribution in [0.4, 0.5) is 0 Å². The normalized spacial score (nSPS) is 19.9. The Labute approximate surface area is 121 Å². The molecule has 0 saturated heterocycles. The Hall–Kier alpha value is -1.32. The first kappa shape index (κ1) is 15.1. The van der Waals surface area contributed by atoms with Crippen LogP contribution in [0.25, 0.3) is 0 Å². The minimum atomic E-state index is -0.472. The summed E-state index contributed by atoms with van der Waals surface area (Å²) in [5.41, 5.74) is 2.23. The third-order valence-corrected chi connectivity index (χ3v) is 3.74. The van der Waals surface area contributed by atoms with Gasteiger partial charge in [-0.3, -0.25) is 0 Å². The second-order valence-electron chi connectivity index (χ2n) is 5.58. The van der Waals surface area contributed by atoms with E-state index in [0.717, 1.165) is 36.1 Å². The average molecular weight is 275 g/mol. The van der Waals surface area contributed by atoms with Gasteiger partial charge in [0, 0.05) is 12.6 Å². The molecule has 3 nitrogen and oxygen atoms in total. The molecule has 0 radical (unpaired) electrons. The maximum atomic E-state index is 10.0. The zero-order valence-electron chi connectivity index (χ0n) is 12.4. The summed E-state index contributed by atoms with van der Waals surface area (Å²) in [6, 6.07) is 6.57. The number of hydrogen-bond donors (Lipinski definition) is 2. The second-order valence-corrected chi connectivity index (χ2v) is 5.58. The minimum Gasteiger partial charge on any atom is -0.490 e. The lowest BCUT2D eigenvalue weighted by Crippen LogP contribution is -2.38. The highest BCUT2D eigenvalue weighted by atomic mass is 16.5. The molecule has 2 atom stereocenters. The number of aryl methyl sites for hydroxylation is 2. The summed E-state index contributed by atoms with van der Waals surface area (Å²) in [6.45, 7) is 4.98. The Kier molecular flexibility index (Phi) is 5.62. The fourth-order valence-electron chi connectivity index (χ4n) is 2.55. The van der Waals surface area contributed by atoms with Gasteiger partial charge in [0.25, 0.3) is 0 Å². The van der Waals surface area contributed by atoms with Gasteiger partial charge in [-0.1, -0.05) is 30.4 Å². The summed E-state index contributed by atoms with van der Waals surface area (Å²) < 4.78 is 5.77. The molecule has 1 aliphatic rings. The molecule has 2 rings (SSSR count). The maximum absolute atomic E-state index is 10.0. The molecular formula is C17H25NO2. The highest BCUT2D eigenvalue weighted by Gasteiger charge is 2.13. The van der Waals surface area contributed by atoms with E-state index in [4.69, 9.17) is 4.74 Å². The number of allylic oxidation sites excluding steroid dienone is 1. The van der Waals surface area contributed by atoms with E-state index >= 15 is 0 Å². The van der Waals surface area contributed by atoms with Crippen molar-refractivity contribution >= 4 is 0 Å². The number of ether oxygens (including phenoxy) is 1. The number of nitrogens with one attached hydrogen (secondary N) is 1. The van der Waals surface area contributed by atoms with Crippen molar-refractivity contribution in [3.63, 3.8) is 0 Å². The van der Waals surface area contributed by atoms with Crippen molar-refractivity contribution in [1.29, 1.82) is 0 Å². The van der Waals surface area contributed by atoms with Crippen molar-refractivity contribution in [2.24, 2.45) is 0 Å². The van der Waals surface area contributed by atoms with Gasteiger partial charge in [0.05, 0.1) is 0 Å². The molecule has 2 unspecified atom stereocenters. The molecule has 0 amide bonds. The van der Waals surface area contributed by atoms with E-state index in [-0.39, 0.29) is 0 Å². The van der Waals surface area contributed by atoms with Crippen LogP contribution in [0.1, 0.15) is 30.4 Å². The van der Waals surface area contributed by atoms with Gasteiger partial charge in [0.15, 0.2) is 0 Å². The maximum Gasteiger partial charge on any atom is 0.125 e. The molecule has 1 aromatic rings. The molecule has 0 spiro atoms. The Morgan fingerprint density at radius 2 is 2.05 bits per heavy atom. The van der Waals surface area contributed by atoms with Crippen LogP contribution in [0.3, 0.4) is 0 Å². The van der Waals surface area contributed by atoms with Crippen molar-refractivity contribution in [3.8, 4) is 5.75 Å². The van der Waals surface area contributed by atoms with Gasteiger partial charge < -0.3 is 15.2 Å². The van der Waals surface area contributed by atoms with Crippen molar-refractivity contribution in [2.45, 2.75) is 45.3 Å². The van der Waals surface area contributed by atoms with Crippen LogP contribution < -0.4 is 10.1 Å². The summed E-state index contributed by atoms with van der Waals surface area (Å²) >= 11 is 0. The average Bonchev–Trinajstić information content (AvgIpc) is 2.46. The Morgan fingerprint density at radius 3 is 2.70 bits per heavy atom. The van der Waals surface area contributed by atoms with Crippen LogP contribution in [0.15, 0.2) is 30.4 Å². The molecule has 110 valence electrons. The highest BCUT2D eigenvalue weighted by molar-refractivity contribution is 5.39. The Morgan fingerprint density at radius 1 is 1.30 bits per heavy atom. The van der Waals surface area contributed by atoms with Crippen LogP contribution in [-0.4, -0.2) is 30.4 Å². The number of rotatable bonds is 6. The van der Waals surface area contributed by atoms with Gasteiger partial charge in [-0.2, -0.15) is 0 Å². The molecule has 0 bridgehead atoms. The monoisotopic (exact) mass is 275 g/mol. The molecule has 1 aromatic carbocycles. The summed E-state index contributed by atoms with van der Waals surface area (Å²) in [7, 11) is 0. The Bertz CT molecular complexity index is 436. The SMILES string of the molecule is Cc1cccc(C)c1OCC(O)CNC1CC=CCC1. The summed E-state index contributed by atoms with van der Waals surface area (Å²) in [6.07, 6.45) is 7.30. The highest BCUT2D eigenvalue weighted by Crippen LogP contribution is 2.22. The van der Waals surface area contributed by atoms with Gasteiger partial charge in [-0.05, 0) is 44.2 Å². The quantitative estimate of drug-likeness (QED) is 0.784. The largest absolute Gasteiger partial charge is 0.490 e. The summed E-state index contributed by atoms with van der Waals surface area (Å²) in [5, 5.41) is 13.4. The van der Waals surface area contributed by atoms with E-state index in [9.17, 15) is 5.11 Å². The van der Waals surface area contributed by atoms with Crippen LogP contribution in [0.2, 0.25) is 0 Å². The fourth-order valence-corrected chi connectivity index (χ4v) is 2.55. The molecule has 0 heterocycles. The van der Waals surface area contributed by atoms with Crippen LogP contribution in [-0.2, 0) is 0 Å². The van der Waals surface area contributed by atoms with Crippen molar-refractivity contribution < 1.29 is 9.84 Å². The molecule has 20 heavy (non-hydrogen) atoms. The van der Waals surface area contributed by atoms with Gasteiger partial charge in [-0.25, -0.2) is 0 Å². The van der Waals surface area contributed by atoms with E-state index in [2.05, 4.69) is 17.5 Å². The molecule has 0 fully saturated rings. The predicted octanol–water partition coefficient (Wildman–Crippen LogP) is 2.74. The lowest BCUT2D eigenvalue weighted by molar-refractivity contribution is 0.102. The van der Waals surface area contributed by atoms with Crippen LogP contribution in [0, 0.1) is 13.8 Å². The van der Waals surface area contributed by atoms with Gasteiger partial charge >= 0.3 is 0 Å². The number of aliphatic hydroxyl groups is 1. The number of benzene rings is 1. The molecule has 0 aromatic heterocycles. The smallest absolute Gasteiger partial charge is 0.125 e. The Balaban J connectivity index is 1.74. The summed E-state index contributed by atoms with van der Waals surface area (Å²) in [5.74, 6) is 0.896. The summed E-state index contributed by atoms with van der Waals surface area (Å²) in [4.78, 5) is 0. The lowest BCUT2D eigenvalue weighted by Gasteiger charge is -2.22. The first-order valence-corrected chi connectivity index (χ1v) is 7.42. The van der Waals surface area contributed by atoms with Crippen LogP contribution >= 0.6 is 0 Å². The van der Waals surface area contributed by atoms with Crippen molar-refractivity contribution in [1.82, 2.24) is 5.32 Å². The molecule has 0 saturated carbocycles. The van der Waals surface area contributed by atoms with E-state index in [1.54, 1.807) is 0 Å². The molecule has 1 aliphatic carbocycles. The van der Waals surface area contributed by atoms with E-state index in [1.165, 1.54) is 0 Å². The van der Waals surface area contributed by atoms with E-state index in [1.807, 2.05) is 32.0 Å². The fraction of sp³-hybridized carbons (Fsp3) is 0.529. The predicted molar refractivity (Wildman–Crippen MR) is 82.2 cm³/mol. The zero-order chi connectivity index (χ0) is 14.4. The molecule has 2 N–H and O–H groups in total. The topological polar surface area (TPSA) is 41.5 Å². The van der Waals surface area contributed by atoms with E-state index < -0.39 is 6.10 Å². The number of para-hydroxylation sites is 1. The second kappa shape index (κ2) is 7.46. The lowest BCUT2D eigenvalue weighted by atomic mass is 10.0. The van der Waals surface area contributed by atoms with Gasteiger partial charge in [0.2, 0.25) is 0 Å². The molecule has 3 heteroatoms. The third-order valence-electron chi connectivity index (χ3n) is 3.74. The molecule has 0 aliphatic heterocycles. The first-order chi connectivity index (χ1) is 9.66. The van der Waals surface area contributed by atoms with Gasteiger partial charge in [-0.15, -0.1) is 0 Å². The standard InChI is InChI=1S/C17H25NO2/c1-13-7-6-8-14(2)17(13)20-12-16(19)11-18-15-9-4-3-5-10-15/h3-4,6-8,15-16,18-19H,5,9-12H2,1-2H3. The van der Waals surface area contributed by atoms with E-state index in [0.29, 0.717) is 19.2 Å². The van der Waals surface area contributed by atoms with Gasteiger partial charge in [0.1, 0.15) is 18.5 Å². The third kappa shape index (κ3) is 4.36. The van der Waals surface area contributed by atoms with Crippen LogP contribution in [0.5, 0.6) is 5.75 Å².